The van der Waals surface area contributed by atoms with Crippen LogP contribution in [0.2, 0.25) is 0 Å². The Hall–Kier alpha value is -0.410. The van der Waals surface area contributed by atoms with E-state index in [0.29, 0.717) is 37.8 Å². The minimum absolute atomic E-state index is 0.386. The van der Waals surface area contributed by atoms with Gasteiger partial charge in [0.2, 0.25) is 0 Å². The molecular weight excluding hydrogens is 216 g/mol. The molecule has 0 aromatic heterocycles. The summed E-state index contributed by atoms with van der Waals surface area (Å²) < 4.78 is 11.0. The van der Waals surface area contributed by atoms with Crippen molar-refractivity contribution in [2.75, 3.05) is 13.2 Å². The van der Waals surface area contributed by atoms with Gasteiger partial charge < -0.3 is 9.47 Å². The van der Waals surface area contributed by atoms with Crippen molar-refractivity contribution in [3.8, 4) is 0 Å². The van der Waals surface area contributed by atoms with Crippen molar-refractivity contribution in [2.45, 2.75) is 64.1 Å². The molecule has 3 heteroatoms. The summed E-state index contributed by atoms with van der Waals surface area (Å²) in [7, 11) is 0. The Morgan fingerprint density at radius 2 is 1.82 bits per heavy atom. The Balaban J connectivity index is 1.66. The van der Waals surface area contributed by atoms with Crippen molar-refractivity contribution < 1.29 is 14.3 Å². The van der Waals surface area contributed by atoms with Crippen LogP contribution >= 0.6 is 0 Å². The molecule has 3 nitrogen and oxygen atoms in total. The summed E-state index contributed by atoms with van der Waals surface area (Å²) in [5.41, 5.74) is 0. The average Bonchev–Trinajstić information content (AvgIpc) is 2.76. The number of rotatable bonds is 5. The van der Waals surface area contributed by atoms with Crippen molar-refractivity contribution in [2.24, 2.45) is 5.92 Å². The largest absolute Gasteiger partial charge is 0.348 e. The summed E-state index contributed by atoms with van der Waals surface area (Å²) in [6, 6.07) is 0. The van der Waals surface area contributed by atoms with Gasteiger partial charge in [-0.05, 0) is 12.8 Å². The lowest BCUT2D eigenvalue weighted by molar-refractivity contribution is -0.151. The van der Waals surface area contributed by atoms with Gasteiger partial charge in [-0.1, -0.05) is 32.1 Å². The summed E-state index contributed by atoms with van der Waals surface area (Å²) >= 11 is 0. The number of carbonyl (C=O) groups is 1. The molecule has 0 unspecified atom stereocenters. The fourth-order valence-electron chi connectivity index (χ4n) is 2.88. The lowest BCUT2D eigenvalue weighted by atomic mass is 9.85. The number of ketones is 1. The third-order valence-electron chi connectivity index (χ3n) is 4.00. The molecule has 98 valence electrons. The van der Waals surface area contributed by atoms with Crippen LogP contribution in [0, 0.1) is 5.92 Å². The number of Topliss-reactive ketones (excluding diaryl/α,β-unsaturated/α-hetero) is 1. The number of carbonyl (C=O) groups excluding carboxylic acids is 1. The summed E-state index contributed by atoms with van der Waals surface area (Å²) in [5.74, 6) is 0.536. The van der Waals surface area contributed by atoms with Crippen LogP contribution in [-0.4, -0.2) is 24.8 Å². The highest BCUT2D eigenvalue weighted by molar-refractivity contribution is 5.78. The molecule has 0 amide bonds. The van der Waals surface area contributed by atoms with Gasteiger partial charge in [0.05, 0.1) is 13.2 Å². The van der Waals surface area contributed by atoms with Crippen molar-refractivity contribution in [3.05, 3.63) is 0 Å². The Kier molecular flexibility index (Phi) is 4.57. The molecule has 1 aliphatic carbocycles. The second-order valence-corrected chi connectivity index (χ2v) is 5.58. The normalized spacial score (nSPS) is 25.0. The maximum absolute atomic E-state index is 11.9. The first-order valence-electron chi connectivity index (χ1n) is 6.98. The maximum atomic E-state index is 11.9. The molecule has 0 radical (unpaired) electrons. The van der Waals surface area contributed by atoms with Gasteiger partial charge in [-0.3, -0.25) is 4.79 Å². The highest BCUT2D eigenvalue weighted by atomic mass is 16.7. The first-order valence-corrected chi connectivity index (χ1v) is 6.98. The first kappa shape index (κ1) is 13.0. The molecule has 1 heterocycles. The van der Waals surface area contributed by atoms with Crippen LogP contribution in [0.5, 0.6) is 0 Å². The van der Waals surface area contributed by atoms with E-state index < -0.39 is 5.79 Å². The molecule has 0 bridgehead atoms. The van der Waals surface area contributed by atoms with Gasteiger partial charge in [0.25, 0.3) is 0 Å². The lowest BCUT2D eigenvalue weighted by Gasteiger charge is -2.23. The smallest absolute Gasteiger partial charge is 0.166 e. The highest BCUT2D eigenvalue weighted by Gasteiger charge is 2.31. The van der Waals surface area contributed by atoms with Crippen LogP contribution in [0.1, 0.15) is 58.3 Å². The molecule has 17 heavy (non-hydrogen) atoms. The van der Waals surface area contributed by atoms with Gasteiger partial charge in [-0.2, -0.15) is 0 Å². The second-order valence-electron chi connectivity index (χ2n) is 5.58. The van der Waals surface area contributed by atoms with Crippen LogP contribution in [-0.2, 0) is 14.3 Å². The zero-order chi connectivity index (χ0) is 12.1. The number of ether oxygens (including phenoxy) is 2. The van der Waals surface area contributed by atoms with Gasteiger partial charge in [-0.25, -0.2) is 0 Å². The molecule has 0 aromatic carbocycles. The number of hydrogen-bond acceptors (Lipinski definition) is 3. The maximum Gasteiger partial charge on any atom is 0.166 e. The highest BCUT2D eigenvalue weighted by Crippen LogP contribution is 2.28. The van der Waals surface area contributed by atoms with Crippen molar-refractivity contribution in [1.29, 1.82) is 0 Å². The van der Waals surface area contributed by atoms with Crippen LogP contribution in [0.25, 0.3) is 0 Å². The van der Waals surface area contributed by atoms with Crippen molar-refractivity contribution >= 4 is 5.78 Å². The molecule has 2 rings (SSSR count). The van der Waals surface area contributed by atoms with Crippen LogP contribution in [0.15, 0.2) is 0 Å². The average molecular weight is 240 g/mol. The second kappa shape index (κ2) is 5.96. The number of hydrogen-bond donors (Lipinski definition) is 0. The Bertz CT molecular complexity index is 250. The van der Waals surface area contributed by atoms with Crippen LogP contribution in [0.3, 0.4) is 0 Å². The van der Waals surface area contributed by atoms with E-state index in [1.165, 1.54) is 32.1 Å². The van der Waals surface area contributed by atoms with Crippen LogP contribution in [0.4, 0.5) is 0 Å². The molecule has 0 atom stereocenters. The Labute approximate surface area is 104 Å². The third-order valence-corrected chi connectivity index (χ3v) is 4.00. The molecule has 2 fully saturated rings. The van der Waals surface area contributed by atoms with E-state index in [4.69, 9.17) is 9.47 Å². The standard InChI is InChI=1S/C14H24O3/c1-14(16-9-10-17-14)8-7-13(15)11-12-5-3-2-4-6-12/h12H,2-11H2,1H3. The van der Waals surface area contributed by atoms with E-state index >= 15 is 0 Å². The Morgan fingerprint density at radius 3 is 2.47 bits per heavy atom. The molecular formula is C14H24O3. The first-order chi connectivity index (χ1) is 8.18. The summed E-state index contributed by atoms with van der Waals surface area (Å²) in [6.45, 7) is 3.26. The summed E-state index contributed by atoms with van der Waals surface area (Å²) in [4.78, 5) is 11.9. The van der Waals surface area contributed by atoms with E-state index in [-0.39, 0.29) is 0 Å². The Morgan fingerprint density at radius 1 is 1.18 bits per heavy atom. The van der Waals surface area contributed by atoms with Crippen LogP contribution < -0.4 is 0 Å². The zero-order valence-corrected chi connectivity index (χ0v) is 10.9. The van der Waals surface area contributed by atoms with Crippen molar-refractivity contribution in [1.82, 2.24) is 0 Å². The van der Waals surface area contributed by atoms with Gasteiger partial charge >= 0.3 is 0 Å². The fraction of sp³-hybridized carbons (Fsp3) is 0.929. The topological polar surface area (TPSA) is 35.5 Å². The van der Waals surface area contributed by atoms with E-state index in [9.17, 15) is 4.79 Å². The molecule has 2 aliphatic rings. The van der Waals surface area contributed by atoms with Gasteiger partial charge in [-0.15, -0.1) is 0 Å². The molecule has 1 aliphatic heterocycles. The molecule has 0 N–H and O–H groups in total. The van der Waals surface area contributed by atoms with Gasteiger partial charge in [0, 0.05) is 19.3 Å². The minimum atomic E-state index is -0.498. The van der Waals surface area contributed by atoms with E-state index in [0.717, 1.165) is 6.42 Å². The summed E-state index contributed by atoms with van der Waals surface area (Å²) in [6.07, 6.45) is 8.54. The monoisotopic (exact) mass is 240 g/mol. The molecule has 1 saturated heterocycles. The van der Waals surface area contributed by atoms with E-state index in [2.05, 4.69) is 0 Å². The van der Waals surface area contributed by atoms with E-state index in [1.807, 2.05) is 6.92 Å². The van der Waals surface area contributed by atoms with Gasteiger partial charge in [0.15, 0.2) is 5.79 Å². The lowest BCUT2D eigenvalue weighted by Crippen LogP contribution is -2.26. The van der Waals surface area contributed by atoms with E-state index in [1.54, 1.807) is 0 Å². The molecule has 0 spiro atoms. The predicted octanol–water partition coefficient (Wildman–Crippen LogP) is 3.07. The predicted molar refractivity (Wildman–Crippen MR) is 65.7 cm³/mol. The SMILES string of the molecule is CC1(CCC(=O)CC2CCCCC2)OCCO1. The fourth-order valence-corrected chi connectivity index (χ4v) is 2.88. The minimum Gasteiger partial charge on any atom is -0.348 e. The molecule has 0 aromatic rings. The van der Waals surface area contributed by atoms with Crippen molar-refractivity contribution in [3.63, 3.8) is 0 Å². The third kappa shape index (κ3) is 4.07. The quantitative estimate of drug-likeness (QED) is 0.741. The summed E-state index contributed by atoms with van der Waals surface area (Å²) in [5, 5.41) is 0. The molecule has 1 saturated carbocycles. The zero-order valence-electron chi connectivity index (χ0n) is 10.9. The van der Waals surface area contributed by atoms with Gasteiger partial charge in [0.1, 0.15) is 5.78 Å².